The molecule has 0 aliphatic heterocycles. The molecule has 0 unspecified atom stereocenters. The van der Waals surface area contributed by atoms with E-state index in [2.05, 4.69) is 6.92 Å². The van der Waals surface area contributed by atoms with Gasteiger partial charge < -0.3 is 0 Å². The number of nitrogens with zero attached hydrogens (tertiary/aromatic N) is 1. The van der Waals surface area contributed by atoms with Gasteiger partial charge in [0.1, 0.15) is 0 Å². The van der Waals surface area contributed by atoms with Crippen LogP contribution in [0.5, 0.6) is 0 Å². The van der Waals surface area contributed by atoms with Crippen molar-refractivity contribution in [2.75, 3.05) is 0 Å². The van der Waals surface area contributed by atoms with Gasteiger partial charge in [-0.25, -0.2) is 0 Å². The van der Waals surface area contributed by atoms with Crippen LogP contribution in [0.15, 0.2) is 24.3 Å². The molecule has 0 bridgehead atoms. The summed E-state index contributed by atoms with van der Waals surface area (Å²) in [4.78, 5) is 9.94. The molecule has 0 heterocycles. The predicted molar refractivity (Wildman–Crippen MR) is 51.4 cm³/mol. The standard InChI is InChI=1S/C10H12NO2/c1-2-3-4-9-5-7-10(8-6-9)11(12)13/h5-8H,1-4H2. The number of aryl methyl sites for hydroxylation is 1. The normalized spacial score (nSPS) is 9.92. The maximum absolute atomic E-state index is 10.3. The first-order valence-electron chi connectivity index (χ1n) is 4.26. The van der Waals surface area contributed by atoms with Crippen LogP contribution < -0.4 is 0 Å². The minimum absolute atomic E-state index is 0.151. The summed E-state index contributed by atoms with van der Waals surface area (Å²) in [6.07, 6.45) is 2.87. The van der Waals surface area contributed by atoms with Crippen molar-refractivity contribution in [3.05, 3.63) is 46.9 Å². The van der Waals surface area contributed by atoms with E-state index in [4.69, 9.17) is 0 Å². The topological polar surface area (TPSA) is 43.1 Å². The Kier molecular flexibility index (Phi) is 3.43. The molecule has 0 atom stereocenters. The quantitative estimate of drug-likeness (QED) is 0.525. The molecule has 1 radical (unpaired) electrons. The third-order valence-electron chi connectivity index (χ3n) is 1.86. The zero-order valence-electron chi connectivity index (χ0n) is 7.40. The van der Waals surface area contributed by atoms with Crippen molar-refractivity contribution >= 4 is 5.69 Å². The van der Waals surface area contributed by atoms with Crippen LogP contribution in [-0.2, 0) is 6.42 Å². The van der Waals surface area contributed by atoms with Crippen LogP contribution in [0.4, 0.5) is 5.69 Å². The van der Waals surface area contributed by atoms with Crippen molar-refractivity contribution in [3.8, 4) is 0 Å². The number of hydrogen-bond acceptors (Lipinski definition) is 2. The van der Waals surface area contributed by atoms with E-state index in [-0.39, 0.29) is 10.6 Å². The Morgan fingerprint density at radius 1 is 1.31 bits per heavy atom. The molecule has 3 heteroatoms. The van der Waals surface area contributed by atoms with Gasteiger partial charge in [-0.2, -0.15) is 0 Å². The Balaban J connectivity index is 2.64. The minimum Gasteiger partial charge on any atom is -0.258 e. The van der Waals surface area contributed by atoms with Crippen LogP contribution in [0.3, 0.4) is 0 Å². The van der Waals surface area contributed by atoms with Gasteiger partial charge in [0.25, 0.3) is 5.69 Å². The minimum atomic E-state index is -0.384. The fourth-order valence-electron chi connectivity index (χ4n) is 1.11. The van der Waals surface area contributed by atoms with E-state index in [9.17, 15) is 10.1 Å². The lowest BCUT2D eigenvalue weighted by atomic mass is 10.1. The number of unbranched alkanes of at least 4 members (excludes halogenated alkanes) is 1. The summed E-state index contributed by atoms with van der Waals surface area (Å²) in [5.74, 6) is 0. The molecule has 3 nitrogen and oxygen atoms in total. The lowest BCUT2D eigenvalue weighted by molar-refractivity contribution is -0.384. The number of hydrogen-bond donors (Lipinski definition) is 0. The summed E-state index contributed by atoms with van der Waals surface area (Å²) in [6.45, 7) is 3.74. The van der Waals surface area contributed by atoms with Gasteiger partial charge in [-0.1, -0.05) is 25.5 Å². The van der Waals surface area contributed by atoms with E-state index in [0.717, 1.165) is 24.8 Å². The molecule has 0 spiro atoms. The Bertz CT molecular complexity index is 279. The van der Waals surface area contributed by atoms with Crippen LogP contribution in [-0.4, -0.2) is 4.92 Å². The number of rotatable bonds is 4. The second kappa shape index (κ2) is 4.60. The Labute approximate surface area is 77.5 Å². The summed E-state index contributed by atoms with van der Waals surface area (Å²) in [7, 11) is 0. The molecule has 0 fully saturated rings. The van der Waals surface area contributed by atoms with Crippen LogP contribution in [0.2, 0.25) is 0 Å². The van der Waals surface area contributed by atoms with Gasteiger partial charge in [0, 0.05) is 12.1 Å². The van der Waals surface area contributed by atoms with E-state index >= 15 is 0 Å². The Morgan fingerprint density at radius 2 is 1.92 bits per heavy atom. The van der Waals surface area contributed by atoms with Crippen LogP contribution in [0.25, 0.3) is 0 Å². The highest BCUT2D eigenvalue weighted by Gasteiger charge is 2.02. The first-order chi connectivity index (χ1) is 6.24. The van der Waals surface area contributed by atoms with Crippen LogP contribution in [0.1, 0.15) is 18.4 Å². The smallest absolute Gasteiger partial charge is 0.258 e. The van der Waals surface area contributed by atoms with Crippen LogP contribution >= 0.6 is 0 Å². The monoisotopic (exact) mass is 178 g/mol. The molecule has 0 aliphatic rings. The van der Waals surface area contributed by atoms with E-state index in [1.54, 1.807) is 24.3 Å². The van der Waals surface area contributed by atoms with Crippen molar-refractivity contribution in [2.24, 2.45) is 0 Å². The van der Waals surface area contributed by atoms with E-state index in [0.29, 0.717) is 0 Å². The summed E-state index contributed by atoms with van der Waals surface area (Å²) < 4.78 is 0. The van der Waals surface area contributed by atoms with Gasteiger partial charge >= 0.3 is 0 Å². The lowest BCUT2D eigenvalue weighted by Crippen LogP contribution is -1.89. The van der Waals surface area contributed by atoms with Crippen molar-refractivity contribution < 1.29 is 4.92 Å². The van der Waals surface area contributed by atoms with Gasteiger partial charge in [0.05, 0.1) is 4.92 Å². The van der Waals surface area contributed by atoms with E-state index in [1.165, 1.54) is 0 Å². The van der Waals surface area contributed by atoms with E-state index < -0.39 is 0 Å². The summed E-state index contributed by atoms with van der Waals surface area (Å²) >= 11 is 0. The SMILES string of the molecule is [CH2]CCCc1ccc([N+](=O)[O-])cc1. The first-order valence-corrected chi connectivity index (χ1v) is 4.26. The highest BCUT2D eigenvalue weighted by Crippen LogP contribution is 2.13. The fraction of sp³-hybridized carbons (Fsp3) is 0.300. The molecule has 0 aliphatic carbocycles. The molecule has 1 rings (SSSR count). The third kappa shape index (κ3) is 2.86. The molecule has 69 valence electrons. The molecule has 0 saturated carbocycles. The van der Waals surface area contributed by atoms with Gasteiger partial charge in [0.2, 0.25) is 0 Å². The van der Waals surface area contributed by atoms with Crippen molar-refractivity contribution in [3.63, 3.8) is 0 Å². The zero-order chi connectivity index (χ0) is 9.68. The molecule has 0 saturated heterocycles. The number of nitro benzene ring substituents is 1. The average molecular weight is 178 g/mol. The van der Waals surface area contributed by atoms with Gasteiger partial charge in [-0.3, -0.25) is 10.1 Å². The molecule has 1 aromatic rings. The molecule has 0 aromatic heterocycles. The number of nitro groups is 1. The third-order valence-corrected chi connectivity index (χ3v) is 1.86. The van der Waals surface area contributed by atoms with E-state index in [1.807, 2.05) is 0 Å². The highest BCUT2D eigenvalue weighted by molar-refractivity contribution is 5.32. The number of non-ortho nitro benzene ring substituents is 1. The van der Waals surface area contributed by atoms with Gasteiger partial charge in [-0.15, -0.1) is 0 Å². The highest BCUT2D eigenvalue weighted by atomic mass is 16.6. The second-order valence-electron chi connectivity index (χ2n) is 2.88. The zero-order valence-corrected chi connectivity index (χ0v) is 7.40. The fourth-order valence-corrected chi connectivity index (χ4v) is 1.11. The second-order valence-corrected chi connectivity index (χ2v) is 2.88. The number of benzene rings is 1. The predicted octanol–water partition coefficient (Wildman–Crippen LogP) is 2.75. The van der Waals surface area contributed by atoms with Crippen LogP contribution in [0, 0.1) is 17.0 Å². The molecule has 0 N–H and O–H groups in total. The Morgan fingerprint density at radius 3 is 2.38 bits per heavy atom. The summed E-state index contributed by atoms with van der Waals surface area (Å²) in [5.41, 5.74) is 1.28. The lowest BCUT2D eigenvalue weighted by Gasteiger charge is -1.98. The average Bonchev–Trinajstić information content (AvgIpc) is 2.15. The Hall–Kier alpha value is -1.38. The summed E-state index contributed by atoms with van der Waals surface area (Å²) in [6, 6.07) is 6.68. The van der Waals surface area contributed by atoms with Crippen molar-refractivity contribution in [1.29, 1.82) is 0 Å². The van der Waals surface area contributed by atoms with Crippen molar-refractivity contribution in [1.82, 2.24) is 0 Å². The maximum Gasteiger partial charge on any atom is 0.269 e. The van der Waals surface area contributed by atoms with Gasteiger partial charge in [0.15, 0.2) is 0 Å². The molecule has 1 aromatic carbocycles. The van der Waals surface area contributed by atoms with Crippen molar-refractivity contribution in [2.45, 2.75) is 19.3 Å². The molecule has 0 amide bonds. The maximum atomic E-state index is 10.3. The molecule has 13 heavy (non-hydrogen) atoms. The molecular formula is C10H12NO2. The van der Waals surface area contributed by atoms with Gasteiger partial charge in [-0.05, 0) is 18.4 Å². The largest absolute Gasteiger partial charge is 0.269 e. The molecular weight excluding hydrogens is 166 g/mol. The summed E-state index contributed by atoms with van der Waals surface area (Å²) in [5, 5.41) is 10.3. The first kappa shape index (κ1) is 9.71.